The number of rotatable bonds is 3. The van der Waals surface area contributed by atoms with Gasteiger partial charge in [0, 0.05) is 17.8 Å². The molecule has 1 aromatic carbocycles. The van der Waals surface area contributed by atoms with E-state index in [2.05, 4.69) is 20.7 Å². The van der Waals surface area contributed by atoms with E-state index >= 15 is 0 Å². The number of hydrogen-bond donors (Lipinski definition) is 3. The van der Waals surface area contributed by atoms with Gasteiger partial charge in [-0.15, -0.1) is 0 Å². The third-order valence-corrected chi connectivity index (χ3v) is 3.46. The first-order chi connectivity index (χ1) is 10.1. The molecule has 21 heavy (non-hydrogen) atoms. The summed E-state index contributed by atoms with van der Waals surface area (Å²) in [5.41, 5.74) is 1.66. The van der Waals surface area contributed by atoms with E-state index in [1.54, 1.807) is 18.2 Å². The van der Waals surface area contributed by atoms with Crippen molar-refractivity contribution in [2.45, 2.75) is 20.4 Å². The summed E-state index contributed by atoms with van der Waals surface area (Å²) < 4.78 is 5.10. The van der Waals surface area contributed by atoms with Crippen molar-refractivity contribution in [3.05, 3.63) is 55.9 Å². The Bertz CT molecular complexity index is 900. The Balaban J connectivity index is 2.04. The summed E-state index contributed by atoms with van der Waals surface area (Å²) in [6.07, 6.45) is 0. The van der Waals surface area contributed by atoms with Gasteiger partial charge < -0.3 is 9.84 Å². The minimum Gasteiger partial charge on any atom is -0.380 e. The molecule has 108 valence electrons. The van der Waals surface area contributed by atoms with Crippen LogP contribution in [0, 0.1) is 13.8 Å². The van der Waals surface area contributed by atoms with E-state index in [4.69, 9.17) is 4.52 Å². The molecule has 3 aromatic rings. The average molecular weight is 286 g/mol. The molecule has 0 aliphatic rings. The minimum atomic E-state index is -0.341. The summed E-state index contributed by atoms with van der Waals surface area (Å²) in [5.74, 6) is 0.729. The van der Waals surface area contributed by atoms with Crippen molar-refractivity contribution in [3.63, 3.8) is 0 Å². The predicted molar refractivity (Wildman–Crippen MR) is 78.5 cm³/mol. The molecule has 0 aliphatic carbocycles. The predicted octanol–water partition coefficient (Wildman–Crippen LogP) is 1.43. The number of nitrogens with zero attached hydrogens (tertiary/aromatic N) is 1. The van der Waals surface area contributed by atoms with Crippen molar-refractivity contribution in [2.24, 2.45) is 0 Å². The molecule has 0 unspecified atom stereocenters. The number of benzene rings is 1. The average Bonchev–Trinajstić information content (AvgIpc) is 2.80. The first kappa shape index (κ1) is 13.2. The van der Waals surface area contributed by atoms with Gasteiger partial charge in [0.1, 0.15) is 5.76 Å². The van der Waals surface area contributed by atoms with Gasteiger partial charge in [0.15, 0.2) is 0 Å². The van der Waals surface area contributed by atoms with E-state index in [0.717, 1.165) is 17.0 Å². The zero-order valence-electron chi connectivity index (χ0n) is 11.6. The van der Waals surface area contributed by atoms with E-state index < -0.39 is 0 Å². The summed E-state index contributed by atoms with van der Waals surface area (Å²) in [6, 6.07) is 5.10. The number of hydrogen-bond acceptors (Lipinski definition) is 5. The lowest BCUT2D eigenvalue weighted by Crippen LogP contribution is -2.20. The van der Waals surface area contributed by atoms with Crippen LogP contribution in [0.25, 0.3) is 10.8 Å². The quantitative estimate of drug-likeness (QED) is 0.675. The fourth-order valence-electron chi connectivity index (χ4n) is 2.31. The van der Waals surface area contributed by atoms with Gasteiger partial charge in [-0.25, -0.2) is 0 Å². The van der Waals surface area contributed by atoms with Gasteiger partial charge in [-0.1, -0.05) is 11.2 Å². The second-order valence-electron chi connectivity index (χ2n) is 4.79. The van der Waals surface area contributed by atoms with Crippen molar-refractivity contribution in [1.82, 2.24) is 15.4 Å². The first-order valence-corrected chi connectivity index (χ1v) is 6.47. The lowest BCUT2D eigenvalue weighted by Gasteiger charge is -2.08. The van der Waals surface area contributed by atoms with Crippen LogP contribution in [0.4, 0.5) is 5.69 Å². The van der Waals surface area contributed by atoms with Gasteiger partial charge in [0.05, 0.1) is 16.5 Å². The van der Waals surface area contributed by atoms with Crippen LogP contribution >= 0.6 is 0 Å². The third kappa shape index (κ3) is 2.22. The summed E-state index contributed by atoms with van der Waals surface area (Å²) in [4.78, 5) is 23.7. The number of aromatic amines is 2. The van der Waals surface area contributed by atoms with Crippen molar-refractivity contribution in [2.75, 3.05) is 5.32 Å². The van der Waals surface area contributed by atoms with Crippen LogP contribution in [0.15, 0.2) is 32.3 Å². The van der Waals surface area contributed by atoms with Crippen LogP contribution in [0.3, 0.4) is 0 Å². The molecule has 0 bridgehead atoms. The Morgan fingerprint density at radius 2 is 1.95 bits per heavy atom. The van der Waals surface area contributed by atoms with Gasteiger partial charge >= 0.3 is 0 Å². The maximum Gasteiger partial charge on any atom is 0.272 e. The fourth-order valence-corrected chi connectivity index (χ4v) is 2.31. The Hall–Kier alpha value is -2.83. The highest BCUT2D eigenvalue weighted by Gasteiger charge is 2.11. The molecule has 3 N–H and O–H groups in total. The summed E-state index contributed by atoms with van der Waals surface area (Å²) >= 11 is 0. The molecular weight excluding hydrogens is 272 g/mol. The van der Waals surface area contributed by atoms with Gasteiger partial charge in [0.25, 0.3) is 11.1 Å². The highest BCUT2D eigenvalue weighted by Crippen LogP contribution is 2.19. The number of H-pyrrole nitrogens is 2. The largest absolute Gasteiger partial charge is 0.380 e. The lowest BCUT2D eigenvalue weighted by atomic mass is 10.1. The van der Waals surface area contributed by atoms with Crippen LogP contribution in [0.5, 0.6) is 0 Å². The van der Waals surface area contributed by atoms with Gasteiger partial charge in [-0.05, 0) is 26.0 Å². The molecular formula is C14H14N4O3. The van der Waals surface area contributed by atoms with Crippen molar-refractivity contribution < 1.29 is 4.52 Å². The number of nitrogens with one attached hydrogen (secondary N) is 3. The van der Waals surface area contributed by atoms with E-state index in [1.807, 2.05) is 13.8 Å². The Kier molecular flexibility index (Phi) is 3.09. The molecule has 0 spiro atoms. The van der Waals surface area contributed by atoms with Crippen LogP contribution < -0.4 is 16.4 Å². The van der Waals surface area contributed by atoms with Gasteiger partial charge in [-0.2, -0.15) is 0 Å². The van der Waals surface area contributed by atoms with Gasteiger partial charge in [0.2, 0.25) is 0 Å². The molecule has 0 amide bonds. The normalized spacial score (nSPS) is 11.0. The molecule has 0 saturated heterocycles. The summed E-state index contributed by atoms with van der Waals surface area (Å²) in [7, 11) is 0. The zero-order valence-corrected chi connectivity index (χ0v) is 11.6. The Morgan fingerprint density at radius 3 is 2.67 bits per heavy atom. The molecule has 0 aliphatic heterocycles. The number of anilines is 1. The Labute approximate surface area is 119 Å². The van der Waals surface area contributed by atoms with Crippen molar-refractivity contribution >= 4 is 16.5 Å². The van der Waals surface area contributed by atoms with Crippen LogP contribution in [-0.4, -0.2) is 15.4 Å². The number of fused-ring (bicyclic) bond motifs is 1. The topological polar surface area (TPSA) is 104 Å². The van der Waals surface area contributed by atoms with E-state index in [9.17, 15) is 9.59 Å². The molecule has 0 saturated carbocycles. The molecule has 0 fully saturated rings. The second-order valence-corrected chi connectivity index (χ2v) is 4.79. The van der Waals surface area contributed by atoms with E-state index in [-0.39, 0.29) is 11.1 Å². The SMILES string of the molecule is Cc1noc(C)c1CNc1cccc2c(=O)[nH][nH]c(=O)c12. The van der Waals surface area contributed by atoms with E-state index in [1.165, 1.54) is 0 Å². The van der Waals surface area contributed by atoms with Crippen LogP contribution in [0.1, 0.15) is 17.0 Å². The first-order valence-electron chi connectivity index (χ1n) is 6.47. The maximum absolute atomic E-state index is 12.0. The molecule has 0 atom stereocenters. The van der Waals surface area contributed by atoms with Crippen molar-refractivity contribution in [3.8, 4) is 0 Å². The summed E-state index contributed by atoms with van der Waals surface area (Å²) in [6.45, 7) is 4.15. The van der Waals surface area contributed by atoms with Crippen LogP contribution in [0.2, 0.25) is 0 Å². The molecule has 2 heterocycles. The fraction of sp³-hybridized carbons (Fsp3) is 0.214. The third-order valence-electron chi connectivity index (χ3n) is 3.46. The number of aromatic nitrogens is 3. The smallest absolute Gasteiger partial charge is 0.272 e. The molecule has 2 aromatic heterocycles. The van der Waals surface area contributed by atoms with E-state index in [0.29, 0.717) is 23.0 Å². The Morgan fingerprint density at radius 1 is 1.19 bits per heavy atom. The zero-order chi connectivity index (χ0) is 15.0. The number of aryl methyl sites for hydroxylation is 2. The maximum atomic E-state index is 12.0. The minimum absolute atomic E-state index is 0.328. The monoisotopic (exact) mass is 286 g/mol. The molecule has 7 nitrogen and oxygen atoms in total. The van der Waals surface area contributed by atoms with Crippen molar-refractivity contribution in [1.29, 1.82) is 0 Å². The van der Waals surface area contributed by atoms with Gasteiger partial charge in [-0.3, -0.25) is 19.8 Å². The van der Waals surface area contributed by atoms with Crippen LogP contribution in [-0.2, 0) is 6.54 Å². The highest BCUT2D eigenvalue weighted by molar-refractivity contribution is 5.92. The molecule has 7 heteroatoms. The molecule has 3 rings (SSSR count). The highest BCUT2D eigenvalue weighted by atomic mass is 16.5. The standard InChI is InChI=1S/C14H14N4O3/c1-7-10(8(2)21-18-7)6-15-11-5-3-4-9-12(11)14(20)17-16-13(9)19/h3-5,15H,6H2,1-2H3,(H,16,19)(H,17,20). The summed E-state index contributed by atoms with van der Waals surface area (Å²) in [5, 5.41) is 12.4. The molecule has 0 radical (unpaired) electrons. The lowest BCUT2D eigenvalue weighted by molar-refractivity contribution is 0.392. The second kappa shape index (κ2) is 4.93.